The number of ketones is 1. The molecule has 1 N–H and O–H groups in total. The first-order valence-corrected chi connectivity index (χ1v) is 8.26. The van der Waals surface area contributed by atoms with Gasteiger partial charge in [-0.1, -0.05) is 30.3 Å². The van der Waals surface area contributed by atoms with E-state index in [1.165, 1.54) is 11.3 Å². The van der Waals surface area contributed by atoms with E-state index in [9.17, 15) is 9.59 Å². The highest BCUT2D eigenvalue weighted by atomic mass is 32.1. The second-order valence-electron chi connectivity index (χ2n) is 5.46. The summed E-state index contributed by atoms with van der Waals surface area (Å²) in [7, 11) is 0. The molecule has 0 saturated heterocycles. The highest BCUT2D eigenvalue weighted by molar-refractivity contribution is 7.12. The van der Waals surface area contributed by atoms with Gasteiger partial charge in [-0.3, -0.25) is 9.59 Å². The van der Waals surface area contributed by atoms with E-state index in [1.54, 1.807) is 12.1 Å². The maximum absolute atomic E-state index is 12.5. The maximum atomic E-state index is 12.5. The first-order chi connectivity index (χ1) is 11.2. The van der Waals surface area contributed by atoms with E-state index < -0.39 is 0 Å². The molecule has 3 aromatic rings. The van der Waals surface area contributed by atoms with Crippen LogP contribution < -0.4 is 5.32 Å². The summed E-state index contributed by atoms with van der Waals surface area (Å²) in [5.41, 5.74) is 2.47. The largest absolute Gasteiger partial charge is 0.342 e. The molecule has 0 aliphatic carbocycles. The molecule has 1 aromatic carbocycles. The third-order valence-corrected chi connectivity index (χ3v) is 4.94. The summed E-state index contributed by atoms with van der Waals surface area (Å²) in [5.74, 6) is -0.0986. The van der Waals surface area contributed by atoms with Crippen LogP contribution in [0.15, 0.2) is 60.1 Å². The summed E-state index contributed by atoms with van der Waals surface area (Å²) in [6.45, 7) is 0. The Bertz CT molecular complexity index is 879. The van der Waals surface area contributed by atoms with Gasteiger partial charge in [0, 0.05) is 23.9 Å². The molecule has 4 rings (SSSR count). The molecule has 3 heterocycles. The Kier molecular flexibility index (Phi) is 3.35. The number of aromatic nitrogens is 1. The molecule has 5 heteroatoms. The molecule has 2 aromatic heterocycles. The standard InChI is InChI=1S/C18H14N2O2S/c21-16(12-5-2-1-3-6-12)11-13-14-7-4-9-20(14)15-8-10-23-17(15)18(22)19-13/h1-10,13H,11H2,(H,19,22). The van der Waals surface area contributed by atoms with Crippen molar-refractivity contribution >= 4 is 23.0 Å². The number of carbonyl (C=O) groups is 2. The number of fused-ring (bicyclic) bond motifs is 3. The molecule has 1 aliphatic heterocycles. The topological polar surface area (TPSA) is 51.1 Å². The van der Waals surface area contributed by atoms with Crippen LogP contribution in [-0.2, 0) is 0 Å². The lowest BCUT2D eigenvalue weighted by molar-refractivity contribution is 0.0917. The fourth-order valence-corrected chi connectivity index (χ4v) is 3.73. The van der Waals surface area contributed by atoms with Crippen molar-refractivity contribution in [2.75, 3.05) is 0 Å². The Morgan fingerprint density at radius 1 is 1.13 bits per heavy atom. The van der Waals surface area contributed by atoms with Crippen LogP contribution in [-0.4, -0.2) is 16.3 Å². The van der Waals surface area contributed by atoms with Crippen LogP contribution in [0.1, 0.15) is 38.2 Å². The van der Waals surface area contributed by atoms with Crippen molar-refractivity contribution in [2.45, 2.75) is 12.5 Å². The SMILES string of the molecule is O=C(CC1NC(=O)c2sccc2-n2cccc21)c1ccccc1. The lowest BCUT2D eigenvalue weighted by Crippen LogP contribution is -2.28. The van der Waals surface area contributed by atoms with Gasteiger partial charge in [0.25, 0.3) is 5.91 Å². The number of thiophene rings is 1. The Morgan fingerprint density at radius 3 is 2.78 bits per heavy atom. The van der Waals surface area contributed by atoms with E-state index >= 15 is 0 Å². The molecule has 1 amide bonds. The van der Waals surface area contributed by atoms with Gasteiger partial charge in [-0.05, 0) is 23.6 Å². The van der Waals surface area contributed by atoms with E-state index in [-0.39, 0.29) is 24.2 Å². The molecular formula is C18H14N2O2S. The second-order valence-corrected chi connectivity index (χ2v) is 6.37. The van der Waals surface area contributed by atoms with E-state index in [2.05, 4.69) is 5.32 Å². The van der Waals surface area contributed by atoms with E-state index in [4.69, 9.17) is 0 Å². The predicted octanol–water partition coefficient (Wildman–Crippen LogP) is 3.60. The van der Waals surface area contributed by atoms with Gasteiger partial charge in [-0.15, -0.1) is 11.3 Å². The van der Waals surface area contributed by atoms with Crippen LogP contribution in [0.4, 0.5) is 0 Å². The molecular weight excluding hydrogens is 308 g/mol. The number of rotatable bonds is 3. The zero-order valence-corrected chi connectivity index (χ0v) is 13.0. The number of Topliss-reactive ketones (excluding diaryl/α,β-unsaturated/α-hetero) is 1. The van der Waals surface area contributed by atoms with E-state index in [0.29, 0.717) is 10.4 Å². The molecule has 0 fully saturated rings. The Hall–Kier alpha value is -2.66. The summed E-state index contributed by atoms with van der Waals surface area (Å²) in [6, 6.07) is 14.7. The normalized spacial score (nSPS) is 16.2. The fraction of sp³-hybridized carbons (Fsp3) is 0.111. The number of benzene rings is 1. The lowest BCUT2D eigenvalue weighted by atomic mass is 10.0. The number of nitrogens with one attached hydrogen (secondary N) is 1. The van der Waals surface area contributed by atoms with Crippen LogP contribution >= 0.6 is 11.3 Å². The van der Waals surface area contributed by atoms with Crippen LogP contribution in [0.5, 0.6) is 0 Å². The van der Waals surface area contributed by atoms with Crippen molar-refractivity contribution in [3.8, 4) is 5.69 Å². The van der Waals surface area contributed by atoms with Crippen molar-refractivity contribution in [3.63, 3.8) is 0 Å². The molecule has 1 unspecified atom stereocenters. The minimum atomic E-state index is -0.329. The van der Waals surface area contributed by atoms with E-state index in [0.717, 1.165) is 11.4 Å². The Labute approximate surface area is 137 Å². The number of carbonyl (C=O) groups excluding carboxylic acids is 2. The molecule has 0 saturated carbocycles. The third-order valence-electron chi connectivity index (χ3n) is 4.04. The van der Waals surface area contributed by atoms with Gasteiger partial charge in [0.15, 0.2) is 5.78 Å². The monoisotopic (exact) mass is 322 g/mol. The van der Waals surface area contributed by atoms with Crippen LogP contribution in [0.3, 0.4) is 0 Å². The van der Waals surface area contributed by atoms with Crippen molar-refractivity contribution in [2.24, 2.45) is 0 Å². The van der Waals surface area contributed by atoms with Gasteiger partial charge in [-0.2, -0.15) is 0 Å². The van der Waals surface area contributed by atoms with Gasteiger partial charge in [0.1, 0.15) is 4.88 Å². The van der Waals surface area contributed by atoms with Crippen LogP contribution in [0, 0.1) is 0 Å². The van der Waals surface area contributed by atoms with Gasteiger partial charge in [-0.25, -0.2) is 0 Å². The first-order valence-electron chi connectivity index (χ1n) is 7.38. The van der Waals surface area contributed by atoms with Crippen molar-refractivity contribution in [1.29, 1.82) is 0 Å². The zero-order valence-electron chi connectivity index (χ0n) is 12.2. The Balaban J connectivity index is 1.69. The molecule has 0 spiro atoms. The van der Waals surface area contributed by atoms with Crippen LogP contribution in [0.2, 0.25) is 0 Å². The lowest BCUT2D eigenvalue weighted by Gasteiger charge is -2.16. The number of hydrogen-bond acceptors (Lipinski definition) is 3. The second kappa shape index (κ2) is 5.52. The summed E-state index contributed by atoms with van der Waals surface area (Å²) < 4.78 is 1.99. The first kappa shape index (κ1) is 14.0. The average molecular weight is 322 g/mol. The molecule has 0 bridgehead atoms. The maximum Gasteiger partial charge on any atom is 0.264 e. The summed E-state index contributed by atoms with van der Waals surface area (Å²) in [4.78, 5) is 25.6. The Morgan fingerprint density at radius 2 is 1.96 bits per heavy atom. The number of amides is 1. The van der Waals surface area contributed by atoms with E-state index in [1.807, 2.05) is 52.5 Å². The minimum Gasteiger partial charge on any atom is -0.342 e. The number of hydrogen-bond donors (Lipinski definition) is 1. The van der Waals surface area contributed by atoms with Crippen molar-refractivity contribution in [3.05, 3.63) is 76.2 Å². The quantitative estimate of drug-likeness (QED) is 0.749. The molecule has 4 nitrogen and oxygen atoms in total. The van der Waals surface area contributed by atoms with Gasteiger partial charge in [0.05, 0.1) is 11.7 Å². The third kappa shape index (κ3) is 2.39. The van der Waals surface area contributed by atoms with Gasteiger partial charge < -0.3 is 9.88 Å². The summed E-state index contributed by atoms with van der Waals surface area (Å²) in [6.07, 6.45) is 2.18. The summed E-state index contributed by atoms with van der Waals surface area (Å²) in [5, 5.41) is 4.90. The highest BCUT2D eigenvalue weighted by Crippen LogP contribution is 2.31. The van der Waals surface area contributed by atoms with Gasteiger partial charge >= 0.3 is 0 Å². The predicted molar refractivity (Wildman–Crippen MR) is 89.2 cm³/mol. The van der Waals surface area contributed by atoms with Crippen molar-refractivity contribution < 1.29 is 9.59 Å². The fourth-order valence-electron chi connectivity index (χ4n) is 2.94. The molecule has 0 radical (unpaired) electrons. The molecule has 1 aliphatic rings. The average Bonchev–Trinajstić information content (AvgIpc) is 3.21. The van der Waals surface area contributed by atoms with Crippen LogP contribution in [0.25, 0.3) is 5.69 Å². The smallest absolute Gasteiger partial charge is 0.264 e. The minimum absolute atomic E-state index is 0.0221. The number of nitrogens with zero attached hydrogens (tertiary/aromatic N) is 1. The van der Waals surface area contributed by atoms with Crippen molar-refractivity contribution in [1.82, 2.24) is 9.88 Å². The van der Waals surface area contributed by atoms with Gasteiger partial charge in [0.2, 0.25) is 0 Å². The molecule has 114 valence electrons. The zero-order chi connectivity index (χ0) is 15.8. The highest BCUT2D eigenvalue weighted by Gasteiger charge is 2.28. The molecule has 1 atom stereocenters. The summed E-state index contributed by atoms with van der Waals surface area (Å²) >= 11 is 1.41. The molecule has 23 heavy (non-hydrogen) atoms.